The van der Waals surface area contributed by atoms with E-state index in [9.17, 15) is 4.39 Å². The molecular formula is C15H16ClFN2. The van der Waals surface area contributed by atoms with Crippen LogP contribution in [-0.4, -0.2) is 11.9 Å². The van der Waals surface area contributed by atoms with E-state index in [2.05, 4.69) is 4.90 Å². The van der Waals surface area contributed by atoms with E-state index in [4.69, 9.17) is 17.3 Å². The van der Waals surface area contributed by atoms with E-state index in [1.807, 2.05) is 31.3 Å². The van der Waals surface area contributed by atoms with Crippen LogP contribution in [0.5, 0.6) is 0 Å². The predicted molar refractivity (Wildman–Crippen MR) is 77.4 cm³/mol. The second-order valence-electron chi connectivity index (χ2n) is 4.61. The van der Waals surface area contributed by atoms with E-state index in [0.29, 0.717) is 12.2 Å². The summed E-state index contributed by atoms with van der Waals surface area (Å²) in [7, 11) is 1.98. The van der Waals surface area contributed by atoms with Crippen LogP contribution in [0.3, 0.4) is 0 Å². The van der Waals surface area contributed by atoms with Gasteiger partial charge in [0.05, 0.1) is 0 Å². The van der Waals surface area contributed by atoms with E-state index >= 15 is 0 Å². The molecule has 2 aromatic rings. The molecule has 0 radical (unpaired) electrons. The zero-order chi connectivity index (χ0) is 13.8. The first kappa shape index (κ1) is 13.8. The van der Waals surface area contributed by atoms with Crippen molar-refractivity contribution in [1.29, 1.82) is 0 Å². The number of nitrogens with zero attached hydrogens (tertiary/aromatic N) is 1. The Morgan fingerprint density at radius 3 is 2.47 bits per heavy atom. The summed E-state index contributed by atoms with van der Waals surface area (Å²) in [6.07, 6.45) is 0. The summed E-state index contributed by atoms with van der Waals surface area (Å²) in [5.74, 6) is -0.310. The van der Waals surface area contributed by atoms with Gasteiger partial charge in [-0.3, -0.25) is 4.90 Å². The van der Waals surface area contributed by atoms with Gasteiger partial charge in [-0.2, -0.15) is 0 Å². The minimum Gasteiger partial charge on any atom is -0.398 e. The first-order valence-corrected chi connectivity index (χ1v) is 6.40. The van der Waals surface area contributed by atoms with Crippen molar-refractivity contribution in [3.8, 4) is 0 Å². The highest BCUT2D eigenvalue weighted by atomic mass is 35.5. The fourth-order valence-corrected chi connectivity index (χ4v) is 2.17. The highest BCUT2D eigenvalue weighted by Crippen LogP contribution is 2.19. The molecule has 0 unspecified atom stereocenters. The minimum atomic E-state index is -0.310. The van der Waals surface area contributed by atoms with Crippen molar-refractivity contribution in [3.63, 3.8) is 0 Å². The Kier molecular flexibility index (Phi) is 4.40. The lowest BCUT2D eigenvalue weighted by atomic mass is 10.1. The molecule has 2 aromatic carbocycles. The van der Waals surface area contributed by atoms with Gasteiger partial charge in [-0.15, -0.1) is 0 Å². The summed E-state index contributed by atoms with van der Waals surface area (Å²) >= 11 is 6.12. The first-order valence-electron chi connectivity index (χ1n) is 6.02. The number of hydrogen-bond acceptors (Lipinski definition) is 2. The van der Waals surface area contributed by atoms with Crippen LogP contribution in [0.4, 0.5) is 10.1 Å². The fraction of sp³-hybridized carbons (Fsp3) is 0.200. The molecule has 0 amide bonds. The first-order chi connectivity index (χ1) is 9.06. The summed E-state index contributed by atoms with van der Waals surface area (Å²) in [5, 5.41) is 0.751. The van der Waals surface area contributed by atoms with Gasteiger partial charge >= 0.3 is 0 Å². The smallest absolute Gasteiger partial charge is 0.125 e. The minimum absolute atomic E-state index is 0.310. The van der Waals surface area contributed by atoms with Gasteiger partial charge in [-0.25, -0.2) is 4.39 Å². The van der Waals surface area contributed by atoms with Crippen LogP contribution in [0.15, 0.2) is 42.5 Å². The molecule has 0 atom stereocenters. The number of nitrogens with two attached hydrogens (primary N) is 1. The highest BCUT2D eigenvalue weighted by Gasteiger charge is 2.07. The molecule has 0 aliphatic carbocycles. The molecule has 2 rings (SSSR count). The highest BCUT2D eigenvalue weighted by molar-refractivity contribution is 6.31. The number of halogens is 2. The van der Waals surface area contributed by atoms with Gasteiger partial charge in [-0.1, -0.05) is 35.9 Å². The molecule has 2 N–H and O–H groups in total. The Hall–Kier alpha value is -1.58. The maximum absolute atomic E-state index is 13.0. The average molecular weight is 279 g/mol. The number of nitrogen functional groups attached to an aromatic ring is 1. The summed E-state index contributed by atoms with van der Waals surface area (Å²) in [5.41, 5.74) is 8.25. The summed E-state index contributed by atoms with van der Waals surface area (Å²) in [6, 6.07) is 12.2. The fourth-order valence-electron chi connectivity index (χ4n) is 1.97. The lowest BCUT2D eigenvalue weighted by molar-refractivity contribution is 0.319. The van der Waals surface area contributed by atoms with Gasteiger partial charge in [0.15, 0.2) is 0 Å². The Morgan fingerprint density at radius 2 is 1.79 bits per heavy atom. The third-order valence-corrected chi connectivity index (χ3v) is 3.32. The molecule has 0 saturated carbocycles. The molecule has 100 valence electrons. The van der Waals surface area contributed by atoms with Crippen LogP contribution in [0.25, 0.3) is 0 Å². The molecule has 0 fully saturated rings. The van der Waals surface area contributed by atoms with E-state index in [-0.39, 0.29) is 5.82 Å². The van der Waals surface area contributed by atoms with Crippen molar-refractivity contribution in [1.82, 2.24) is 4.90 Å². The van der Waals surface area contributed by atoms with Crippen LogP contribution in [0.2, 0.25) is 5.02 Å². The summed E-state index contributed by atoms with van der Waals surface area (Å²) in [6.45, 7) is 1.37. The van der Waals surface area contributed by atoms with Crippen molar-refractivity contribution < 1.29 is 4.39 Å². The van der Waals surface area contributed by atoms with Gasteiger partial charge in [-0.05, 0) is 36.4 Å². The Bertz CT molecular complexity index is 572. The molecular weight excluding hydrogens is 263 g/mol. The van der Waals surface area contributed by atoms with Gasteiger partial charge < -0.3 is 5.73 Å². The monoisotopic (exact) mass is 278 g/mol. The second kappa shape index (κ2) is 6.04. The molecule has 0 aromatic heterocycles. The maximum Gasteiger partial charge on any atom is 0.125 e. The predicted octanol–water partition coefficient (Wildman–Crippen LogP) is 3.69. The van der Waals surface area contributed by atoms with Crippen LogP contribution in [-0.2, 0) is 13.1 Å². The van der Waals surface area contributed by atoms with Crippen LogP contribution >= 0.6 is 11.6 Å². The SMILES string of the molecule is CN(Cc1ccc(F)cc1N)Cc1ccccc1Cl. The Balaban J connectivity index is 2.05. The molecule has 0 saturated heterocycles. The van der Waals surface area contributed by atoms with Crippen molar-refractivity contribution in [2.24, 2.45) is 0 Å². The molecule has 2 nitrogen and oxygen atoms in total. The van der Waals surface area contributed by atoms with Gasteiger partial charge in [0.1, 0.15) is 5.82 Å². The van der Waals surface area contributed by atoms with Gasteiger partial charge in [0.25, 0.3) is 0 Å². The molecule has 0 aliphatic heterocycles. The lowest BCUT2D eigenvalue weighted by Gasteiger charge is -2.18. The number of anilines is 1. The van der Waals surface area contributed by atoms with Crippen molar-refractivity contribution in [2.45, 2.75) is 13.1 Å². The van der Waals surface area contributed by atoms with Crippen LogP contribution in [0.1, 0.15) is 11.1 Å². The van der Waals surface area contributed by atoms with Crippen molar-refractivity contribution >= 4 is 17.3 Å². The van der Waals surface area contributed by atoms with Crippen LogP contribution in [0, 0.1) is 5.82 Å². The second-order valence-corrected chi connectivity index (χ2v) is 5.01. The van der Waals surface area contributed by atoms with E-state index < -0.39 is 0 Å². The van der Waals surface area contributed by atoms with E-state index in [1.54, 1.807) is 6.07 Å². The molecule has 0 spiro atoms. The number of rotatable bonds is 4. The summed E-state index contributed by atoms with van der Waals surface area (Å²) in [4.78, 5) is 2.09. The van der Waals surface area contributed by atoms with Crippen LogP contribution < -0.4 is 5.73 Å². The Morgan fingerprint density at radius 1 is 1.11 bits per heavy atom. The Labute approximate surface area is 117 Å². The molecule has 0 heterocycles. The number of benzene rings is 2. The zero-order valence-corrected chi connectivity index (χ0v) is 11.5. The van der Waals surface area contributed by atoms with Crippen molar-refractivity contribution in [3.05, 3.63) is 64.4 Å². The van der Waals surface area contributed by atoms with Gasteiger partial charge in [0.2, 0.25) is 0 Å². The molecule has 0 aliphatic rings. The quantitative estimate of drug-likeness (QED) is 0.864. The third kappa shape index (κ3) is 3.69. The molecule has 19 heavy (non-hydrogen) atoms. The topological polar surface area (TPSA) is 29.3 Å². The van der Waals surface area contributed by atoms with Gasteiger partial charge in [0, 0.05) is 23.8 Å². The average Bonchev–Trinajstić information content (AvgIpc) is 2.36. The van der Waals surface area contributed by atoms with Crippen molar-refractivity contribution in [2.75, 3.05) is 12.8 Å². The molecule has 0 bridgehead atoms. The normalized spacial score (nSPS) is 10.9. The largest absolute Gasteiger partial charge is 0.398 e. The molecule has 4 heteroatoms. The van der Waals surface area contributed by atoms with E-state index in [0.717, 1.165) is 22.7 Å². The lowest BCUT2D eigenvalue weighted by Crippen LogP contribution is -2.18. The summed E-state index contributed by atoms with van der Waals surface area (Å²) < 4.78 is 13.0. The van der Waals surface area contributed by atoms with E-state index in [1.165, 1.54) is 12.1 Å². The zero-order valence-electron chi connectivity index (χ0n) is 10.7. The standard InChI is InChI=1S/C15H16ClFN2/c1-19(9-11-4-2-3-5-14(11)16)10-12-6-7-13(17)8-15(12)18/h2-8H,9-10,18H2,1H3. The maximum atomic E-state index is 13.0. The third-order valence-electron chi connectivity index (χ3n) is 2.95. The number of hydrogen-bond donors (Lipinski definition) is 1.